The fourth-order valence-electron chi connectivity index (χ4n) is 4.09. The molecule has 1 fully saturated rings. The van der Waals surface area contributed by atoms with Crippen LogP contribution in [-0.4, -0.2) is 50.9 Å². The number of benzene rings is 1. The molecule has 2 aliphatic rings. The largest absolute Gasteiger partial charge is 0.483 e. The van der Waals surface area contributed by atoms with Crippen molar-refractivity contribution in [3.8, 4) is 17.0 Å². The summed E-state index contributed by atoms with van der Waals surface area (Å²) >= 11 is 0. The number of carbonyl (C=O) groups is 1. The lowest BCUT2D eigenvalue weighted by Crippen LogP contribution is -2.58. The number of rotatable bonds is 4. The number of carbonyl (C=O) groups excluding carboxylic acids is 1. The summed E-state index contributed by atoms with van der Waals surface area (Å²) < 4.78 is 48.8. The van der Waals surface area contributed by atoms with E-state index in [1.807, 2.05) is 0 Å². The second-order valence-electron chi connectivity index (χ2n) is 8.36. The predicted octanol–water partition coefficient (Wildman–Crippen LogP) is 3.48. The fourth-order valence-corrected chi connectivity index (χ4v) is 4.09. The molecule has 1 unspecified atom stereocenters. The molecule has 0 aliphatic carbocycles. The predicted molar refractivity (Wildman–Crippen MR) is 120 cm³/mol. The number of aryl methyl sites for hydroxylation is 1. The lowest BCUT2D eigenvalue weighted by molar-refractivity contribution is 0.0256. The Morgan fingerprint density at radius 1 is 1.11 bits per heavy atom. The molecule has 1 saturated heterocycles. The number of nitrogens with zero attached hydrogens (tertiary/aromatic N) is 5. The van der Waals surface area contributed by atoms with Crippen LogP contribution in [0.5, 0.6) is 5.75 Å². The van der Waals surface area contributed by atoms with Gasteiger partial charge in [0, 0.05) is 38.0 Å². The quantitative estimate of drug-likeness (QED) is 0.569. The molecular weight excluding hydrogens is 463 g/mol. The van der Waals surface area contributed by atoms with Gasteiger partial charge >= 0.3 is 6.03 Å². The highest BCUT2D eigenvalue weighted by Crippen LogP contribution is 2.32. The van der Waals surface area contributed by atoms with Gasteiger partial charge in [0.2, 0.25) is 0 Å². The number of pyridine rings is 2. The van der Waals surface area contributed by atoms with E-state index in [4.69, 9.17) is 4.74 Å². The lowest BCUT2D eigenvalue weighted by atomic mass is 10.0. The smallest absolute Gasteiger partial charge is 0.341 e. The minimum absolute atomic E-state index is 0.0784. The molecule has 2 amide bonds. The number of amides is 2. The van der Waals surface area contributed by atoms with Crippen LogP contribution in [0.4, 0.5) is 18.0 Å². The maximum Gasteiger partial charge on any atom is 0.341 e. The van der Waals surface area contributed by atoms with E-state index >= 15 is 0 Å². The molecule has 0 N–H and O–H groups in total. The highest BCUT2D eigenvalue weighted by molar-refractivity contribution is 5.79. The summed E-state index contributed by atoms with van der Waals surface area (Å²) in [7, 11) is 1.60. The van der Waals surface area contributed by atoms with Gasteiger partial charge in [-0.05, 0) is 29.8 Å². The van der Waals surface area contributed by atoms with Crippen LogP contribution in [0.3, 0.4) is 0 Å². The Bertz CT molecular complexity index is 1370. The van der Waals surface area contributed by atoms with Gasteiger partial charge in [-0.3, -0.25) is 9.78 Å². The highest BCUT2D eigenvalue weighted by Gasteiger charge is 2.39. The first kappa shape index (κ1) is 22.6. The van der Waals surface area contributed by atoms with Crippen molar-refractivity contribution >= 4 is 12.2 Å². The fraction of sp³-hybridized carbons (Fsp3) is 0.250. The molecule has 0 bridgehead atoms. The molecule has 2 aliphatic heterocycles. The molecule has 4 heterocycles. The van der Waals surface area contributed by atoms with E-state index in [0.717, 1.165) is 12.3 Å². The Morgan fingerprint density at radius 2 is 1.86 bits per heavy atom. The number of urea groups is 1. The second-order valence-corrected chi connectivity index (χ2v) is 8.36. The van der Waals surface area contributed by atoms with Gasteiger partial charge in [-0.15, -0.1) is 0 Å². The van der Waals surface area contributed by atoms with Gasteiger partial charge in [-0.25, -0.2) is 23.0 Å². The van der Waals surface area contributed by atoms with Crippen molar-refractivity contribution < 1.29 is 22.7 Å². The zero-order valence-electron chi connectivity index (χ0n) is 18.6. The van der Waals surface area contributed by atoms with E-state index in [1.165, 1.54) is 38.9 Å². The molecule has 1 atom stereocenters. The first-order chi connectivity index (χ1) is 16.8. The van der Waals surface area contributed by atoms with E-state index in [2.05, 4.69) is 10.1 Å². The van der Waals surface area contributed by atoms with Crippen LogP contribution >= 0.6 is 0 Å². The maximum atomic E-state index is 14.4. The van der Waals surface area contributed by atoms with Gasteiger partial charge < -0.3 is 14.2 Å². The highest BCUT2D eigenvalue weighted by atomic mass is 19.1. The third-order valence-electron chi connectivity index (χ3n) is 5.93. The molecule has 0 saturated carbocycles. The van der Waals surface area contributed by atoms with Crippen LogP contribution < -0.4 is 10.3 Å². The molecule has 1 aromatic carbocycles. The standard InChI is InChI=1S/C24H20F3N5O3/c1-30-6-2-3-18(23(30)33)20-10-22(19(27)11-28-20)35-17-12-31(13-17)24(34)32-21(4-5-29-32)14-7-15(25)9-16(26)8-14/h2-3,5-11,17,21H,4,12-13H2,1H3. The molecule has 35 heavy (non-hydrogen) atoms. The minimum atomic E-state index is -0.733. The van der Waals surface area contributed by atoms with E-state index in [1.54, 1.807) is 25.4 Å². The molecular formula is C24H20F3N5O3. The van der Waals surface area contributed by atoms with Gasteiger partial charge in [0.25, 0.3) is 5.56 Å². The van der Waals surface area contributed by atoms with Gasteiger partial charge in [-0.2, -0.15) is 5.10 Å². The average molecular weight is 483 g/mol. The second kappa shape index (κ2) is 8.90. The van der Waals surface area contributed by atoms with Crippen LogP contribution in [0, 0.1) is 17.5 Å². The van der Waals surface area contributed by atoms with Crippen molar-refractivity contribution in [2.45, 2.75) is 18.6 Å². The summed E-state index contributed by atoms with van der Waals surface area (Å²) in [5, 5.41) is 5.25. The van der Waals surface area contributed by atoms with Crippen molar-refractivity contribution in [1.82, 2.24) is 19.5 Å². The van der Waals surface area contributed by atoms with Crippen LogP contribution in [0.2, 0.25) is 0 Å². The topological polar surface area (TPSA) is 80.0 Å². The van der Waals surface area contributed by atoms with Gasteiger partial charge in [-0.1, -0.05) is 0 Å². The zero-order chi connectivity index (χ0) is 24.7. The monoisotopic (exact) mass is 483 g/mol. The zero-order valence-corrected chi connectivity index (χ0v) is 18.6. The van der Waals surface area contributed by atoms with E-state index < -0.39 is 35.6 Å². The Morgan fingerprint density at radius 3 is 2.60 bits per heavy atom. The maximum absolute atomic E-state index is 14.4. The number of hydrogen-bond donors (Lipinski definition) is 0. The number of aromatic nitrogens is 2. The number of ether oxygens (including phenoxy) is 1. The SMILES string of the molecule is Cn1cccc(-c2cc(OC3CN(C(=O)N4N=CCC4c4cc(F)cc(F)c4)C3)c(F)cn2)c1=O. The molecule has 0 spiro atoms. The molecule has 8 nitrogen and oxygen atoms in total. The summed E-state index contributed by atoms with van der Waals surface area (Å²) in [5.74, 6) is -2.23. The first-order valence-corrected chi connectivity index (χ1v) is 10.8. The summed E-state index contributed by atoms with van der Waals surface area (Å²) in [6.45, 7) is 0.332. The third-order valence-corrected chi connectivity index (χ3v) is 5.93. The van der Waals surface area contributed by atoms with E-state index in [0.29, 0.717) is 17.5 Å². The Hall–Kier alpha value is -4.15. The molecule has 180 valence electrons. The Labute approximate surface area is 197 Å². The summed E-state index contributed by atoms with van der Waals surface area (Å²) in [6.07, 6.45) is 3.94. The molecule has 2 aromatic heterocycles. The van der Waals surface area contributed by atoms with Crippen LogP contribution in [0.25, 0.3) is 11.3 Å². The molecule has 3 aromatic rings. The molecule has 11 heteroatoms. The normalized spacial score (nSPS) is 17.5. The van der Waals surface area contributed by atoms with E-state index in [9.17, 15) is 22.8 Å². The lowest BCUT2D eigenvalue weighted by Gasteiger charge is -2.41. The average Bonchev–Trinajstić information content (AvgIpc) is 3.28. The Kier molecular flexibility index (Phi) is 5.75. The summed E-state index contributed by atoms with van der Waals surface area (Å²) in [5.41, 5.74) is 0.598. The molecule has 0 radical (unpaired) electrons. The third kappa shape index (κ3) is 4.36. The van der Waals surface area contributed by atoms with Crippen LogP contribution in [0.15, 0.2) is 58.7 Å². The van der Waals surface area contributed by atoms with Gasteiger partial charge in [0.05, 0.1) is 36.6 Å². The van der Waals surface area contributed by atoms with Crippen LogP contribution in [0.1, 0.15) is 18.0 Å². The number of likely N-dealkylation sites (tertiary alicyclic amines) is 1. The number of hydrazone groups is 1. The molecule has 5 rings (SSSR count). The van der Waals surface area contributed by atoms with Crippen LogP contribution in [-0.2, 0) is 7.05 Å². The van der Waals surface area contributed by atoms with Gasteiger partial charge in [0.1, 0.15) is 17.7 Å². The van der Waals surface area contributed by atoms with Crippen molar-refractivity contribution in [2.24, 2.45) is 12.1 Å². The summed E-state index contributed by atoms with van der Waals surface area (Å²) in [4.78, 5) is 30.7. The van der Waals surface area contributed by atoms with E-state index in [-0.39, 0.29) is 30.1 Å². The first-order valence-electron chi connectivity index (χ1n) is 10.8. The van der Waals surface area contributed by atoms with Crippen molar-refractivity contribution in [3.05, 3.63) is 82.2 Å². The van der Waals surface area contributed by atoms with Gasteiger partial charge in [0.15, 0.2) is 11.6 Å². The Balaban J connectivity index is 1.26. The van der Waals surface area contributed by atoms with Crippen molar-refractivity contribution in [3.63, 3.8) is 0 Å². The van der Waals surface area contributed by atoms with Crippen molar-refractivity contribution in [1.29, 1.82) is 0 Å². The number of halogens is 3. The minimum Gasteiger partial charge on any atom is -0.483 e. The summed E-state index contributed by atoms with van der Waals surface area (Å²) in [6, 6.07) is 6.68. The number of hydrogen-bond acceptors (Lipinski definition) is 5. The van der Waals surface area contributed by atoms with Crippen molar-refractivity contribution in [2.75, 3.05) is 13.1 Å².